The van der Waals surface area contributed by atoms with Crippen LogP contribution in [0.25, 0.3) is 0 Å². The lowest BCUT2D eigenvalue weighted by atomic mass is 9.70. The summed E-state index contributed by atoms with van der Waals surface area (Å²) in [4.78, 5) is 0. The second kappa shape index (κ2) is 5.92. The largest absolute Gasteiger partial charge is 0.378 e. The van der Waals surface area contributed by atoms with E-state index in [0.717, 1.165) is 12.6 Å². The Hall–Kier alpha value is -0.0800. The number of ether oxygens (including phenoxy) is 1. The first kappa shape index (κ1) is 12.9. The van der Waals surface area contributed by atoms with Gasteiger partial charge in [0.15, 0.2) is 0 Å². The summed E-state index contributed by atoms with van der Waals surface area (Å²) in [6.45, 7) is 2.29. The normalized spacial score (nSPS) is 31.7. The summed E-state index contributed by atoms with van der Waals surface area (Å²) in [5.74, 6) is 0. The van der Waals surface area contributed by atoms with Crippen molar-refractivity contribution in [1.82, 2.24) is 5.32 Å². The Morgan fingerprint density at radius 1 is 1.00 bits per heavy atom. The number of rotatable bonds is 6. The molecule has 0 aromatic rings. The first-order chi connectivity index (χ1) is 8.86. The summed E-state index contributed by atoms with van der Waals surface area (Å²) in [5.41, 5.74) is 0.618. The first-order valence-corrected chi connectivity index (χ1v) is 8.21. The molecule has 3 fully saturated rings. The SMILES string of the molecule is C1CCC(CCC2CCCO2)(CNC2CC2)CC1. The number of hydrogen-bond acceptors (Lipinski definition) is 2. The van der Waals surface area contributed by atoms with Crippen molar-refractivity contribution in [2.24, 2.45) is 5.41 Å². The van der Waals surface area contributed by atoms with Crippen LogP contribution in [-0.4, -0.2) is 25.3 Å². The van der Waals surface area contributed by atoms with E-state index in [0.29, 0.717) is 11.5 Å². The molecule has 1 aliphatic heterocycles. The van der Waals surface area contributed by atoms with Gasteiger partial charge in [-0.25, -0.2) is 0 Å². The summed E-state index contributed by atoms with van der Waals surface area (Å²) in [7, 11) is 0. The van der Waals surface area contributed by atoms with Gasteiger partial charge in [-0.15, -0.1) is 0 Å². The van der Waals surface area contributed by atoms with Gasteiger partial charge in [0.05, 0.1) is 6.10 Å². The third-order valence-electron chi connectivity index (χ3n) is 5.28. The van der Waals surface area contributed by atoms with Crippen LogP contribution in [0.4, 0.5) is 0 Å². The van der Waals surface area contributed by atoms with Crippen LogP contribution in [0.2, 0.25) is 0 Å². The molecule has 1 heterocycles. The maximum absolute atomic E-state index is 5.81. The highest BCUT2D eigenvalue weighted by Crippen LogP contribution is 2.41. The van der Waals surface area contributed by atoms with Crippen molar-refractivity contribution >= 4 is 0 Å². The standard InChI is InChI=1S/C16H29NO/c1-2-9-16(10-3-1,13-17-14-6-7-14)11-8-15-5-4-12-18-15/h14-15,17H,1-13H2. The van der Waals surface area contributed by atoms with Gasteiger partial charge in [-0.05, 0) is 56.8 Å². The minimum Gasteiger partial charge on any atom is -0.378 e. The van der Waals surface area contributed by atoms with Crippen LogP contribution >= 0.6 is 0 Å². The van der Waals surface area contributed by atoms with E-state index in [1.54, 1.807) is 0 Å². The van der Waals surface area contributed by atoms with Gasteiger partial charge in [0.1, 0.15) is 0 Å². The molecule has 1 saturated heterocycles. The molecule has 3 rings (SSSR count). The zero-order valence-electron chi connectivity index (χ0n) is 11.8. The minimum atomic E-state index is 0.588. The predicted molar refractivity (Wildman–Crippen MR) is 74.8 cm³/mol. The van der Waals surface area contributed by atoms with E-state index in [-0.39, 0.29) is 0 Å². The van der Waals surface area contributed by atoms with Crippen molar-refractivity contribution in [1.29, 1.82) is 0 Å². The molecule has 0 amide bonds. The fourth-order valence-electron chi connectivity index (χ4n) is 3.80. The van der Waals surface area contributed by atoms with Crippen molar-refractivity contribution in [3.05, 3.63) is 0 Å². The Morgan fingerprint density at radius 2 is 1.83 bits per heavy atom. The zero-order valence-corrected chi connectivity index (χ0v) is 11.8. The Balaban J connectivity index is 1.49. The fourth-order valence-corrected chi connectivity index (χ4v) is 3.80. The topological polar surface area (TPSA) is 21.3 Å². The van der Waals surface area contributed by atoms with E-state index in [9.17, 15) is 0 Å². The van der Waals surface area contributed by atoms with Crippen LogP contribution in [0.5, 0.6) is 0 Å². The fraction of sp³-hybridized carbons (Fsp3) is 1.00. The molecule has 2 nitrogen and oxygen atoms in total. The molecule has 104 valence electrons. The minimum absolute atomic E-state index is 0.588. The summed E-state index contributed by atoms with van der Waals surface area (Å²) in [6, 6.07) is 0.867. The van der Waals surface area contributed by atoms with Crippen LogP contribution in [0, 0.1) is 5.41 Å². The van der Waals surface area contributed by atoms with Crippen LogP contribution < -0.4 is 5.32 Å². The summed E-state index contributed by atoms with van der Waals surface area (Å²) in [6.07, 6.45) is 16.0. The summed E-state index contributed by atoms with van der Waals surface area (Å²) in [5, 5.41) is 3.80. The maximum Gasteiger partial charge on any atom is 0.0576 e. The Kier molecular flexibility index (Phi) is 4.25. The molecule has 0 bridgehead atoms. The summed E-state index contributed by atoms with van der Waals surface area (Å²) < 4.78 is 5.81. The van der Waals surface area contributed by atoms with E-state index >= 15 is 0 Å². The third-order valence-corrected chi connectivity index (χ3v) is 5.28. The smallest absolute Gasteiger partial charge is 0.0576 e. The van der Waals surface area contributed by atoms with Crippen LogP contribution in [-0.2, 0) is 4.74 Å². The van der Waals surface area contributed by atoms with Gasteiger partial charge < -0.3 is 10.1 Å². The number of hydrogen-bond donors (Lipinski definition) is 1. The lowest BCUT2D eigenvalue weighted by Crippen LogP contribution is -2.37. The molecule has 2 heteroatoms. The highest BCUT2D eigenvalue weighted by molar-refractivity contribution is 4.90. The van der Waals surface area contributed by atoms with Gasteiger partial charge >= 0.3 is 0 Å². The average molecular weight is 251 g/mol. The molecular weight excluding hydrogens is 222 g/mol. The molecule has 18 heavy (non-hydrogen) atoms. The van der Waals surface area contributed by atoms with E-state index in [4.69, 9.17) is 4.74 Å². The first-order valence-electron chi connectivity index (χ1n) is 8.21. The molecule has 0 aromatic heterocycles. The molecule has 1 atom stereocenters. The van der Waals surface area contributed by atoms with Crippen LogP contribution in [0.15, 0.2) is 0 Å². The van der Waals surface area contributed by atoms with E-state index < -0.39 is 0 Å². The van der Waals surface area contributed by atoms with Crippen molar-refractivity contribution in [2.75, 3.05) is 13.2 Å². The molecule has 3 aliphatic rings. The highest BCUT2D eigenvalue weighted by Gasteiger charge is 2.34. The summed E-state index contributed by atoms with van der Waals surface area (Å²) >= 11 is 0. The Bertz CT molecular complexity index is 250. The van der Waals surface area contributed by atoms with Gasteiger partial charge in [-0.1, -0.05) is 19.3 Å². The molecule has 0 radical (unpaired) electrons. The van der Waals surface area contributed by atoms with Gasteiger partial charge in [0, 0.05) is 19.2 Å². The molecule has 0 aromatic carbocycles. The highest BCUT2D eigenvalue weighted by atomic mass is 16.5. The quantitative estimate of drug-likeness (QED) is 0.778. The third kappa shape index (κ3) is 3.48. The van der Waals surface area contributed by atoms with Gasteiger partial charge in [-0.3, -0.25) is 0 Å². The maximum atomic E-state index is 5.81. The molecule has 0 spiro atoms. The predicted octanol–water partition coefficient (Wildman–Crippen LogP) is 3.65. The van der Waals surface area contributed by atoms with Gasteiger partial charge in [-0.2, -0.15) is 0 Å². The van der Waals surface area contributed by atoms with Crippen molar-refractivity contribution in [2.45, 2.75) is 82.8 Å². The lowest BCUT2D eigenvalue weighted by Gasteiger charge is -2.38. The molecule has 2 aliphatic carbocycles. The Morgan fingerprint density at radius 3 is 2.50 bits per heavy atom. The molecule has 1 unspecified atom stereocenters. The lowest BCUT2D eigenvalue weighted by molar-refractivity contribution is 0.0760. The second-order valence-electron chi connectivity index (χ2n) is 6.89. The van der Waals surface area contributed by atoms with Gasteiger partial charge in [0.25, 0.3) is 0 Å². The van der Waals surface area contributed by atoms with Crippen molar-refractivity contribution < 1.29 is 4.74 Å². The number of nitrogens with one attached hydrogen (secondary N) is 1. The van der Waals surface area contributed by atoms with Crippen LogP contribution in [0.3, 0.4) is 0 Å². The second-order valence-corrected chi connectivity index (χ2v) is 6.89. The average Bonchev–Trinajstić information content (AvgIpc) is 3.10. The molecule has 1 N–H and O–H groups in total. The molecular formula is C16H29NO. The van der Waals surface area contributed by atoms with Crippen molar-refractivity contribution in [3.8, 4) is 0 Å². The molecule has 2 saturated carbocycles. The van der Waals surface area contributed by atoms with Crippen LogP contribution in [0.1, 0.15) is 70.6 Å². The van der Waals surface area contributed by atoms with E-state index in [2.05, 4.69) is 5.32 Å². The van der Waals surface area contributed by atoms with E-state index in [1.807, 2.05) is 0 Å². The van der Waals surface area contributed by atoms with Gasteiger partial charge in [0.2, 0.25) is 0 Å². The van der Waals surface area contributed by atoms with E-state index in [1.165, 1.54) is 77.2 Å². The zero-order chi connectivity index (χ0) is 12.3. The monoisotopic (exact) mass is 251 g/mol. The Labute approximate surface area is 112 Å². The van der Waals surface area contributed by atoms with Crippen molar-refractivity contribution in [3.63, 3.8) is 0 Å².